The van der Waals surface area contributed by atoms with E-state index in [1.807, 2.05) is 30.3 Å². The number of rotatable bonds is 3. The van der Waals surface area contributed by atoms with E-state index in [-0.39, 0.29) is 48.1 Å². The molecular formula is C20H20N2O3. The molecule has 0 unspecified atom stereocenters. The Bertz CT molecular complexity index is 766. The zero-order valence-corrected chi connectivity index (χ0v) is 14.0. The number of nitrogens with zero attached hydrogens (tertiary/aromatic N) is 2. The minimum absolute atomic E-state index is 0.0127. The number of likely N-dealkylation sites (tertiary alicyclic amines) is 1. The summed E-state index contributed by atoms with van der Waals surface area (Å²) in [5.41, 5.74) is 0.703. The van der Waals surface area contributed by atoms with Crippen LogP contribution in [0.1, 0.15) is 13.3 Å². The Balaban J connectivity index is 1.45. The Kier molecular flexibility index (Phi) is 3.00. The average molecular weight is 336 g/mol. The molecule has 2 saturated carbocycles. The second-order valence-corrected chi connectivity index (χ2v) is 7.68. The molecule has 1 heterocycles. The molecule has 0 N–H and O–H groups in total. The molecule has 128 valence electrons. The lowest BCUT2D eigenvalue weighted by Crippen LogP contribution is -2.44. The molecule has 3 fully saturated rings. The maximum absolute atomic E-state index is 13.0. The van der Waals surface area contributed by atoms with Gasteiger partial charge in [0.2, 0.25) is 17.7 Å². The van der Waals surface area contributed by atoms with Gasteiger partial charge in [-0.05, 0) is 42.2 Å². The number of para-hydroxylation sites is 1. The molecule has 5 aliphatic rings. The monoisotopic (exact) mass is 336 g/mol. The Morgan fingerprint density at radius 1 is 1.04 bits per heavy atom. The summed E-state index contributed by atoms with van der Waals surface area (Å²) in [4.78, 5) is 41.0. The molecule has 6 rings (SSSR count). The van der Waals surface area contributed by atoms with Gasteiger partial charge in [-0.1, -0.05) is 30.4 Å². The number of carbonyl (C=O) groups excluding carboxylic acids is 3. The van der Waals surface area contributed by atoms with Crippen LogP contribution in [-0.2, 0) is 14.4 Å². The van der Waals surface area contributed by atoms with Crippen LogP contribution in [0.5, 0.6) is 0 Å². The van der Waals surface area contributed by atoms with Gasteiger partial charge in [0.25, 0.3) is 0 Å². The molecule has 0 radical (unpaired) electrons. The van der Waals surface area contributed by atoms with Crippen molar-refractivity contribution in [3.05, 3.63) is 42.5 Å². The number of imide groups is 1. The summed E-state index contributed by atoms with van der Waals surface area (Å²) in [6.45, 7) is 1.48. The number of benzene rings is 1. The van der Waals surface area contributed by atoms with Gasteiger partial charge in [-0.3, -0.25) is 24.2 Å². The van der Waals surface area contributed by atoms with Crippen molar-refractivity contribution in [3.8, 4) is 0 Å². The highest BCUT2D eigenvalue weighted by Gasteiger charge is 2.67. The Morgan fingerprint density at radius 3 is 2.12 bits per heavy atom. The van der Waals surface area contributed by atoms with Crippen LogP contribution >= 0.6 is 0 Å². The second-order valence-electron chi connectivity index (χ2n) is 7.68. The van der Waals surface area contributed by atoms with E-state index in [4.69, 9.17) is 0 Å². The fourth-order valence-corrected chi connectivity index (χ4v) is 5.27. The van der Waals surface area contributed by atoms with Crippen LogP contribution in [0.3, 0.4) is 0 Å². The van der Waals surface area contributed by atoms with E-state index >= 15 is 0 Å². The Hall–Kier alpha value is -2.43. The molecular weight excluding hydrogens is 316 g/mol. The molecule has 0 spiro atoms. The highest BCUT2D eigenvalue weighted by atomic mass is 16.2. The van der Waals surface area contributed by atoms with E-state index in [1.54, 1.807) is 0 Å². The molecule has 0 aromatic heterocycles. The average Bonchev–Trinajstić information content (AvgIpc) is 3.40. The standard InChI is InChI=1S/C20H20N2O3/c1-11(23)21(12-5-3-2-4-6-12)10-22-19(24)17-13-7-8-14(16-9-15(13)16)18(17)20(22)25/h2-8,13-18H,9-10H2,1H3/t13-,14+,15-,16-,17+,18+/m1/s1. The highest BCUT2D eigenvalue weighted by molar-refractivity contribution is 6.07. The van der Waals surface area contributed by atoms with Crippen LogP contribution < -0.4 is 4.90 Å². The van der Waals surface area contributed by atoms with Crippen LogP contribution in [0.4, 0.5) is 5.69 Å². The van der Waals surface area contributed by atoms with Gasteiger partial charge in [-0.15, -0.1) is 0 Å². The van der Waals surface area contributed by atoms with Gasteiger partial charge in [-0.25, -0.2) is 0 Å². The SMILES string of the molecule is CC(=O)N(CN1C(=O)[C@H]2[C@@H]3C=C[C@@H]([C@H]4C[C@H]34)[C@@H]2C1=O)c1ccccc1. The quantitative estimate of drug-likeness (QED) is 0.627. The van der Waals surface area contributed by atoms with E-state index in [0.717, 1.165) is 6.42 Å². The predicted molar refractivity (Wildman–Crippen MR) is 91.0 cm³/mol. The maximum atomic E-state index is 13.0. The molecule has 1 aromatic rings. The lowest BCUT2D eigenvalue weighted by atomic mass is 9.63. The van der Waals surface area contributed by atoms with Gasteiger partial charge < -0.3 is 0 Å². The lowest BCUT2D eigenvalue weighted by molar-refractivity contribution is -0.140. The summed E-state index contributed by atoms with van der Waals surface area (Å²) in [5, 5.41) is 0. The zero-order chi connectivity index (χ0) is 17.3. The summed E-state index contributed by atoms with van der Waals surface area (Å²) in [6.07, 6.45) is 5.47. The van der Waals surface area contributed by atoms with Gasteiger partial charge in [0.05, 0.1) is 11.8 Å². The van der Waals surface area contributed by atoms with Crippen molar-refractivity contribution in [2.45, 2.75) is 13.3 Å². The van der Waals surface area contributed by atoms with Crippen LogP contribution in [0.25, 0.3) is 0 Å². The third kappa shape index (κ3) is 1.98. The molecule has 1 aromatic carbocycles. The van der Waals surface area contributed by atoms with Crippen LogP contribution in [-0.4, -0.2) is 29.3 Å². The normalized spacial score (nSPS) is 37.1. The summed E-state index contributed by atoms with van der Waals surface area (Å²) >= 11 is 0. The molecule has 2 bridgehead atoms. The van der Waals surface area contributed by atoms with Crippen molar-refractivity contribution < 1.29 is 14.4 Å². The largest absolute Gasteiger partial charge is 0.294 e. The summed E-state index contributed by atoms with van der Waals surface area (Å²) in [6, 6.07) is 9.20. The van der Waals surface area contributed by atoms with Crippen molar-refractivity contribution in [1.82, 2.24) is 4.90 Å². The minimum atomic E-state index is -0.212. The van der Waals surface area contributed by atoms with Crippen LogP contribution in [0.15, 0.2) is 42.5 Å². The van der Waals surface area contributed by atoms with Gasteiger partial charge in [-0.2, -0.15) is 0 Å². The number of carbonyl (C=O) groups is 3. The van der Waals surface area contributed by atoms with E-state index in [2.05, 4.69) is 12.2 Å². The first-order valence-electron chi connectivity index (χ1n) is 8.94. The predicted octanol–water partition coefficient (Wildman–Crippen LogP) is 2.05. The maximum Gasteiger partial charge on any atom is 0.235 e. The third-order valence-corrected chi connectivity index (χ3v) is 6.48. The van der Waals surface area contributed by atoms with Crippen LogP contribution in [0.2, 0.25) is 0 Å². The van der Waals surface area contributed by atoms with Gasteiger partial charge in [0, 0.05) is 12.6 Å². The molecule has 3 amide bonds. The number of anilines is 1. The first kappa shape index (κ1) is 14.9. The summed E-state index contributed by atoms with van der Waals surface area (Å²) < 4.78 is 0. The van der Waals surface area contributed by atoms with E-state index in [0.29, 0.717) is 17.5 Å². The van der Waals surface area contributed by atoms with E-state index in [9.17, 15) is 14.4 Å². The highest BCUT2D eigenvalue weighted by Crippen LogP contribution is 2.65. The van der Waals surface area contributed by atoms with Crippen molar-refractivity contribution >= 4 is 23.4 Å². The fourth-order valence-electron chi connectivity index (χ4n) is 5.27. The molecule has 1 saturated heterocycles. The summed E-state index contributed by atoms with van der Waals surface area (Å²) in [5.74, 6) is 0.811. The summed E-state index contributed by atoms with van der Waals surface area (Å²) in [7, 11) is 0. The van der Waals surface area contributed by atoms with Gasteiger partial charge in [0.1, 0.15) is 6.67 Å². The molecule has 5 heteroatoms. The first-order chi connectivity index (χ1) is 12.1. The number of amides is 3. The molecule has 1 aliphatic heterocycles. The Labute approximate surface area is 146 Å². The van der Waals surface area contributed by atoms with E-state index in [1.165, 1.54) is 16.7 Å². The topological polar surface area (TPSA) is 57.7 Å². The zero-order valence-electron chi connectivity index (χ0n) is 14.0. The minimum Gasteiger partial charge on any atom is -0.294 e. The Morgan fingerprint density at radius 2 is 1.60 bits per heavy atom. The molecule has 5 nitrogen and oxygen atoms in total. The fraction of sp³-hybridized carbons (Fsp3) is 0.450. The molecule has 25 heavy (non-hydrogen) atoms. The molecule has 4 aliphatic carbocycles. The van der Waals surface area contributed by atoms with Crippen molar-refractivity contribution in [1.29, 1.82) is 0 Å². The number of allylic oxidation sites excluding steroid dienone is 2. The first-order valence-corrected chi connectivity index (χ1v) is 8.94. The van der Waals surface area contributed by atoms with Crippen molar-refractivity contribution in [3.63, 3.8) is 0 Å². The van der Waals surface area contributed by atoms with Gasteiger partial charge >= 0.3 is 0 Å². The second kappa shape index (κ2) is 5.04. The smallest absolute Gasteiger partial charge is 0.235 e. The van der Waals surface area contributed by atoms with Crippen molar-refractivity contribution in [2.24, 2.45) is 35.5 Å². The molecule has 6 atom stereocenters. The van der Waals surface area contributed by atoms with Gasteiger partial charge in [0.15, 0.2) is 0 Å². The third-order valence-electron chi connectivity index (χ3n) is 6.48. The van der Waals surface area contributed by atoms with Crippen LogP contribution in [0, 0.1) is 35.5 Å². The van der Waals surface area contributed by atoms with E-state index < -0.39 is 0 Å². The number of hydrogen-bond donors (Lipinski definition) is 0. The lowest BCUT2D eigenvalue weighted by Gasteiger charge is -2.37. The van der Waals surface area contributed by atoms with Crippen molar-refractivity contribution in [2.75, 3.05) is 11.6 Å². The number of hydrogen-bond acceptors (Lipinski definition) is 3.